The Balaban J connectivity index is 0.000000816. The number of carbonyl (C=O) groups is 1. The van der Waals surface area contributed by atoms with Crippen molar-refractivity contribution in [1.82, 2.24) is 0 Å². The summed E-state index contributed by atoms with van der Waals surface area (Å²) in [5.74, 6) is -1.48. The van der Waals surface area contributed by atoms with E-state index in [2.05, 4.69) is 0 Å². The number of benzene rings is 2. The minimum atomic E-state index is -0.446. The molecular weight excluding hydrogens is 302 g/mol. The molecule has 8 heteroatoms. The normalized spacial score (nSPS) is 9.39. The highest BCUT2D eigenvalue weighted by Crippen LogP contribution is 2.33. The van der Waals surface area contributed by atoms with Crippen molar-refractivity contribution in [2.75, 3.05) is 0 Å². The number of aromatic hydroxyl groups is 4. The summed E-state index contributed by atoms with van der Waals surface area (Å²) in [4.78, 5) is 13.5. The molecule has 0 aromatic heterocycles. The Kier molecular flexibility index (Phi) is 6.27. The molecule has 2 aromatic rings. The summed E-state index contributed by atoms with van der Waals surface area (Å²) in [7, 11) is 0. The van der Waals surface area contributed by atoms with Crippen LogP contribution in [-0.2, 0) is 6.42 Å². The molecule has 0 unspecified atom stereocenters. The molecule has 0 bridgehead atoms. The molecule has 0 atom stereocenters. The topological polar surface area (TPSA) is 157 Å². The van der Waals surface area contributed by atoms with Crippen LogP contribution in [0.15, 0.2) is 36.4 Å². The highest BCUT2D eigenvalue weighted by molar-refractivity contribution is 6.01. The SMILES string of the molecule is O=C(CCc1ccc(O)cc1)c1c(O)cc(O)cc1O.[N-]=[N+]=[N-]. The molecule has 0 aliphatic heterocycles. The molecule has 0 saturated carbocycles. The van der Waals surface area contributed by atoms with Crippen LogP contribution in [0.4, 0.5) is 0 Å². The zero-order valence-corrected chi connectivity index (χ0v) is 11.9. The van der Waals surface area contributed by atoms with Crippen LogP contribution >= 0.6 is 0 Å². The van der Waals surface area contributed by atoms with Crippen LogP contribution in [0, 0.1) is 0 Å². The average Bonchev–Trinajstić information content (AvgIpc) is 2.46. The van der Waals surface area contributed by atoms with E-state index in [1.807, 2.05) is 0 Å². The van der Waals surface area contributed by atoms with E-state index in [1.54, 1.807) is 12.1 Å². The van der Waals surface area contributed by atoms with Gasteiger partial charge in [-0.15, -0.1) is 0 Å². The Bertz CT molecular complexity index is 699. The minimum absolute atomic E-state index is 0.0939. The van der Waals surface area contributed by atoms with Crippen molar-refractivity contribution in [2.24, 2.45) is 0 Å². The van der Waals surface area contributed by atoms with E-state index in [0.29, 0.717) is 6.42 Å². The van der Waals surface area contributed by atoms with Gasteiger partial charge in [0.05, 0.1) is 0 Å². The Morgan fingerprint density at radius 1 is 0.913 bits per heavy atom. The Morgan fingerprint density at radius 3 is 1.87 bits per heavy atom. The van der Waals surface area contributed by atoms with Crippen LogP contribution in [0.25, 0.3) is 16.0 Å². The fourth-order valence-electron chi connectivity index (χ4n) is 1.93. The van der Waals surface area contributed by atoms with Crippen molar-refractivity contribution in [3.63, 3.8) is 0 Å². The van der Waals surface area contributed by atoms with Crippen molar-refractivity contribution in [3.8, 4) is 23.0 Å². The number of aryl methyl sites for hydroxylation is 1. The molecule has 0 fully saturated rings. The number of phenolic OH excluding ortho intramolecular Hbond substituents is 4. The van der Waals surface area contributed by atoms with Gasteiger partial charge in [-0.25, -0.2) is 0 Å². The van der Waals surface area contributed by atoms with Crippen molar-refractivity contribution < 1.29 is 25.2 Å². The zero-order chi connectivity index (χ0) is 17.4. The molecule has 2 rings (SSSR count). The number of nitrogens with zero attached hydrogens (tertiary/aromatic N) is 3. The van der Waals surface area contributed by atoms with Gasteiger partial charge in [0.15, 0.2) is 5.78 Å². The maximum atomic E-state index is 12.0. The molecule has 8 nitrogen and oxygen atoms in total. The third-order valence-corrected chi connectivity index (χ3v) is 2.94. The number of hydrogen-bond donors (Lipinski definition) is 4. The first-order valence-electron chi connectivity index (χ1n) is 6.43. The summed E-state index contributed by atoms with van der Waals surface area (Å²) in [6.45, 7) is 0. The summed E-state index contributed by atoms with van der Waals surface area (Å²) >= 11 is 0. The molecule has 0 aliphatic rings. The second-order valence-corrected chi connectivity index (χ2v) is 4.54. The van der Waals surface area contributed by atoms with Crippen LogP contribution in [0.5, 0.6) is 23.0 Å². The molecule has 0 aliphatic carbocycles. The Morgan fingerprint density at radius 2 is 1.39 bits per heavy atom. The predicted molar refractivity (Wildman–Crippen MR) is 82.3 cm³/mol. The second-order valence-electron chi connectivity index (χ2n) is 4.54. The van der Waals surface area contributed by atoms with Gasteiger partial charge in [0, 0.05) is 18.6 Å². The van der Waals surface area contributed by atoms with Crippen LogP contribution in [-0.4, -0.2) is 26.2 Å². The summed E-state index contributed by atoms with van der Waals surface area (Å²) in [5, 5.41) is 37.5. The maximum absolute atomic E-state index is 12.0. The van der Waals surface area contributed by atoms with Gasteiger partial charge in [0.25, 0.3) is 0 Å². The van der Waals surface area contributed by atoms with Gasteiger partial charge in [-0.1, -0.05) is 12.1 Å². The first-order chi connectivity index (χ1) is 10.9. The van der Waals surface area contributed by atoms with Gasteiger partial charge in [-0.05, 0) is 24.1 Å². The Labute approximate surface area is 131 Å². The second kappa shape index (κ2) is 8.16. The van der Waals surface area contributed by atoms with Crippen molar-refractivity contribution in [3.05, 3.63) is 63.5 Å². The van der Waals surface area contributed by atoms with E-state index in [-0.39, 0.29) is 23.5 Å². The van der Waals surface area contributed by atoms with Gasteiger partial charge < -0.3 is 31.5 Å². The summed E-state index contributed by atoms with van der Waals surface area (Å²) in [6, 6.07) is 8.45. The Hall–Kier alpha value is -3.38. The van der Waals surface area contributed by atoms with Gasteiger partial charge >= 0.3 is 0 Å². The van der Waals surface area contributed by atoms with Crippen molar-refractivity contribution >= 4 is 5.78 Å². The first-order valence-corrected chi connectivity index (χ1v) is 6.43. The van der Waals surface area contributed by atoms with E-state index in [9.17, 15) is 20.1 Å². The molecule has 0 spiro atoms. The van der Waals surface area contributed by atoms with Gasteiger partial charge in [0.2, 0.25) is 0 Å². The molecular formula is C15H14N3O5-. The van der Waals surface area contributed by atoms with Crippen LogP contribution < -0.4 is 0 Å². The number of hydrogen-bond acceptors (Lipinski definition) is 5. The minimum Gasteiger partial charge on any atom is -0.508 e. The third-order valence-electron chi connectivity index (χ3n) is 2.94. The quantitative estimate of drug-likeness (QED) is 0.295. The molecule has 23 heavy (non-hydrogen) atoms. The maximum Gasteiger partial charge on any atom is 0.170 e. The van der Waals surface area contributed by atoms with Gasteiger partial charge in [-0.3, -0.25) is 9.71 Å². The van der Waals surface area contributed by atoms with Crippen LogP contribution in [0.2, 0.25) is 0 Å². The average molecular weight is 316 g/mol. The predicted octanol–water partition coefficient (Wildman–Crippen LogP) is 3.19. The fourth-order valence-corrected chi connectivity index (χ4v) is 1.93. The molecule has 4 N–H and O–H groups in total. The molecule has 2 aromatic carbocycles. The third kappa shape index (κ3) is 5.14. The summed E-state index contributed by atoms with van der Waals surface area (Å²) in [5.41, 5.74) is 14.2. The van der Waals surface area contributed by atoms with E-state index in [0.717, 1.165) is 17.7 Å². The molecule has 0 radical (unpaired) electrons. The van der Waals surface area contributed by atoms with E-state index in [1.165, 1.54) is 17.0 Å². The largest absolute Gasteiger partial charge is 0.508 e. The lowest BCUT2D eigenvalue weighted by Gasteiger charge is -2.07. The number of phenols is 4. The van der Waals surface area contributed by atoms with Crippen molar-refractivity contribution in [2.45, 2.75) is 12.8 Å². The molecule has 120 valence electrons. The van der Waals surface area contributed by atoms with E-state index < -0.39 is 17.3 Å². The smallest absolute Gasteiger partial charge is 0.170 e. The number of ketones is 1. The van der Waals surface area contributed by atoms with E-state index >= 15 is 0 Å². The van der Waals surface area contributed by atoms with Crippen molar-refractivity contribution in [1.29, 1.82) is 0 Å². The monoisotopic (exact) mass is 316 g/mol. The van der Waals surface area contributed by atoms with Crippen LogP contribution in [0.1, 0.15) is 22.3 Å². The van der Waals surface area contributed by atoms with Gasteiger partial charge in [0.1, 0.15) is 28.6 Å². The summed E-state index contributed by atoms with van der Waals surface area (Å²) < 4.78 is 0. The lowest BCUT2D eigenvalue weighted by molar-refractivity contribution is 0.0977. The highest BCUT2D eigenvalue weighted by atomic mass is 16.3. The molecule has 0 heterocycles. The number of rotatable bonds is 4. The first kappa shape index (κ1) is 17.7. The standard InChI is InChI=1S/C15H14O5.N3/c16-10-4-1-9(2-5-10)3-6-12(18)15-13(19)7-11(17)8-14(15)20;1-3-2/h1-2,4-5,7-8,16-17,19-20H,3,6H2;/q;-1. The summed E-state index contributed by atoms with van der Waals surface area (Å²) in [6.07, 6.45) is 0.509. The van der Waals surface area contributed by atoms with Crippen LogP contribution in [0.3, 0.4) is 0 Å². The number of Topliss-reactive ketones (excluding diaryl/α,β-unsaturated/α-hetero) is 1. The molecule has 0 amide bonds. The van der Waals surface area contributed by atoms with Gasteiger partial charge in [-0.2, -0.15) is 0 Å². The zero-order valence-electron chi connectivity index (χ0n) is 11.9. The highest BCUT2D eigenvalue weighted by Gasteiger charge is 2.17. The van der Waals surface area contributed by atoms with E-state index in [4.69, 9.17) is 16.2 Å². The lowest BCUT2D eigenvalue weighted by Crippen LogP contribution is -2.02. The number of carbonyl (C=O) groups excluding carboxylic acids is 1. The lowest BCUT2D eigenvalue weighted by atomic mass is 10.0. The fraction of sp³-hybridized carbons (Fsp3) is 0.133. The molecule has 0 saturated heterocycles.